The molecule has 0 unspecified atom stereocenters. The van der Waals surface area contributed by atoms with Crippen molar-refractivity contribution in [1.82, 2.24) is 9.78 Å². The summed E-state index contributed by atoms with van der Waals surface area (Å²) in [5.41, 5.74) is 3.44. The molecule has 3 rings (SSSR count). The number of esters is 1. The molecule has 5 nitrogen and oxygen atoms in total. The smallest absolute Gasteiger partial charge is 0.359 e. The Hall–Kier alpha value is -2.14. The Bertz CT molecular complexity index is 724. The number of hydrogen-bond donors (Lipinski definition) is 1. The Balaban J connectivity index is 1.99. The third-order valence-corrected chi connectivity index (χ3v) is 4.97. The van der Waals surface area contributed by atoms with Gasteiger partial charge in [-0.15, -0.1) is 0 Å². The highest BCUT2D eigenvalue weighted by atomic mass is 16.5. The number of rotatable bonds is 6. The van der Waals surface area contributed by atoms with Gasteiger partial charge in [-0.1, -0.05) is 37.3 Å². The van der Waals surface area contributed by atoms with Crippen LogP contribution in [0.1, 0.15) is 47.1 Å². The maximum Gasteiger partial charge on any atom is 0.359 e. The van der Waals surface area contributed by atoms with E-state index in [4.69, 9.17) is 4.74 Å². The molecule has 1 aliphatic carbocycles. The highest BCUT2D eigenvalue weighted by Crippen LogP contribution is 2.54. The second-order valence-corrected chi connectivity index (χ2v) is 6.45. The second-order valence-electron chi connectivity index (χ2n) is 6.45. The highest BCUT2D eigenvalue weighted by molar-refractivity contribution is 5.89. The molecule has 0 aliphatic heterocycles. The number of aliphatic hydroxyl groups excluding tert-OH is 1. The third-order valence-electron chi connectivity index (χ3n) is 4.97. The number of hydrogen-bond acceptors (Lipinski definition) is 4. The summed E-state index contributed by atoms with van der Waals surface area (Å²) in [7, 11) is 0. The van der Waals surface area contributed by atoms with Gasteiger partial charge in [-0.25, -0.2) is 4.79 Å². The lowest BCUT2D eigenvalue weighted by atomic mass is 10.1. The van der Waals surface area contributed by atoms with Crippen LogP contribution in [0, 0.1) is 18.8 Å². The van der Waals surface area contributed by atoms with Gasteiger partial charge in [0.05, 0.1) is 13.2 Å². The maximum absolute atomic E-state index is 12.2. The van der Waals surface area contributed by atoms with E-state index in [1.54, 1.807) is 6.92 Å². The molecule has 1 fully saturated rings. The average Bonchev–Trinajstić information content (AvgIpc) is 3.11. The van der Waals surface area contributed by atoms with Gasteiger partial charge in [-0.2, -0.15) is 5.10 Å². The lowest BCUT2D eigenvalue weighted by Crippen LogP contribution is -2.09. The van der Waals surface area contributed by atoms with Gasteiger partial charge >= 0.3 is 5.97 Å². The van der Waals surface area contributed by atoms with Crippen molar-refractivity contribution in [3.8, 4) is 0 Å². The molecule has 1 aromatic carbocycles. The second kappa shape index (κ2) is 6.77. The molecule has 1 aliphatic rings. The van der Waals surface area contributed by atoms with Gasteiger partial charge < -0.3 is 9.84 Å². The van der Waals surface area contributed by atoms with Crippen LogP contribution in [0.2, 0.25) is 0 Å². The Morgan fingerprint density at radius 2 is 2.04 bits per heavy atom. The molecule has 5 heteroatoms. The van der Waals surface area contributed by atoms with E-state index in [1.165, 1.54) is 0 Å². The molecule has 2 aromatic rings. The number of nitrogens with zero attached hydrogens (tertiary/aromatic N) is 2. The summed E-state index contributed by atoms with van der Waals surface area (Å²) in [4.78, 5) is 12.2. The minimum Gasteiger partial charge on any atom is -0.461 e. The van der Waals surface area contributed by atoms with Crippen LogP contribution < -0.4 is 0 Å². The molecule has 1 N–H and O–H groups in total. The molecular weight excluding hydrogens is 304 g/mol. The molecule has 0 saturated heterocycles. The van der Waals surface area contributed by atoms with E-state index in [-0.39, 0.29) is 24.4 Å². The van der Waals surface area contributed by atoms with Crippen LogP contribution in [0.4, 0.5) is 0 Å². The van der Waals surface area contributed by atoms with Crippen molar-refractivity contribution in [3.05, 3.63) is 52.8 Å². The molecule has 0 spiro atoms. The van der Waals surface area contributed by atoms with Crippen LogP contribution in [-0.4, -0.2) is 34.1 Å². The minimum absolute atomic E-state index is 0.163. The monoisotopic (exact) mass is 328 g/mol. The van der Waals surface area contributed by atoms with Crippen LogP contribution in [0.15, 0.2) is 30.3 Å². The molecule has 0 radical (unpaired) electrons. The zero-order valence-electron chi connectivity index (χ0n) is 14.4. The van der Waals surface area contributed by atoms with Gasteiger partial charge in [-0.05, 0) is 31.2 Å². The summed E-state index contributed by atoms with van der Waals surface area (Å²) in [6.45, 7) is 6.96. The van der Waals surface area contributed by atoms with Crippen LogP contribution in [-0.2, 0) is 11.3 Å². The largest absolute Gasteiger partial charge is 0.461 e. The Morgan fingerprint density at radius 1 is 1.33 bits per heavy atom. The maximum atomic E-state index is 12.2. The van der Waals surface area contributed by atoms with E-state index < -0.39 is 0 Å². The molecule has 3 atom stereocenters. The van der Waals surface area contributed by atoms with Gasteiger partial charge in [0, 0.05) is 23.8 Å². The highest BCUT2D eigenvalue weighted by Gasteiger charge is 2.50. The normalized spacial score (nSPS) is 22.4. The quantitative estimate of drug-likeness (QED) is 0.828. The molecule has 0 bridgehead atoms. The van der Waals surface area contributed by atoms with E-state index in [1.807, 2.05) is 41.9 Å². The van der Waals surface area contributed by atoms with Crippen molar-refractivity contribution >= 4 is 5.97 Å². The van der Waals surface area contributed by atoms with E-state index in [0.29, 0.717) is 24.8 Å². The topological polar surface area (TPSA) is 64.3 Å². The number of benzene rings is 1. The van der Waals surface area contributed by atoms with Crippen molar-refractivity contribution in [2.75, 3.05) is 13.2 Å². The molecule has 1 saturated carbocycles. The first kappa shape index (κ1) is 16.7. The van der Waals surface area contributed by atoms with Crippen molar-refractivity contribution in [2.45, 2.75) is 33.2 Å². The number of aliphatic hydroxyl groups is 1. The summed E-state index contributed by atoms with van der Waals surface area (Å²) in [6.07, 6.45) is 0. The summed E-state index contributed by atoms with van der Waals surface area (Å²) in [6, 6.07) is 10.1. The summed E-state index contributed by atoms with van der Waals surface area (Å²) in [5.74, 6) is 0.506. The van der Waals surface area contributed by atoms with Gasteiger partial charge in [0.15, 0.2) is 5.69 Å². The number of ether oxygens (including phenoxy) is 1. The lowest BCUT2D eigenvalue weighted by molar-refractivity contribution is 0.0517. The zero-order chi connectivity index (χ0) is 17.3. The fourth-order valence-corrected chi connectivity index (χ4v) is 3.53. The molecule has 1 aromatic heterocycles. The van der Waals surface area contributed by atoms with Gasteiger partial charge in [0.1, 0.15) is 0 Å². The van der Waals surface area contributed by atoms with Crippen molar-refractivity contribution in [3.63, 3.8) is 0 Å². The molecule has 0 amide bonds. The predicted octanol–water partition coefficient (Wildman–Crippen LogP) is 2.76. The van der Waals surface area contributed by atoms with Crippen molar-refractivity contribution in [2.24, 2.45) is 11.8 Å². The van der Waals surface area contributed by atoms with Crippen LogP contribution in [0.25, 0.3) is 0 Å². The van der Waals surface area contributed by atoms with Gasteiger partial charge in [0.2, 0.25) is 0 Å². The number of carbonyl (C=O) groups is 1. The van der Waals surface area contributed by atoms with Crippen LogP contribution >= 0.6 is 0 Å². The van der Waals surface area contributed by atoms with E-state index in [2.05, 4.69) is 12.0 Å². The Kier molecular flexibility index (Phi) is 4.71. The van der Waals surface area contributed by atoms with E-state index in [0.717, 1.165) is 16.8 Å². The molecule has 24 heavy (non-hydrogen) atoms. The predicted molar refractivity (Wildman–Crippen MR) is 90.9 cm³/mol. The molecular formula is C19H24N2O3. The Labute approximate surface area is 142 Å². The fraction of sp³-hybridized carbons (Fsp3) is 0.474. The first-order valence-electron chi connectivity index (χ1n) is 8.47. The standard InChI is InChI=1S/C19H24N2O3/c1-4-24-19(23)17-13(3)18(16-12(2)15(16)11-22)21(20-17)10-14-8-6-5-7-9-14/h5-9,12,15-16,22H,4,10-11H2,1-3H3/t12-,15-,16-/m0/s1. The first-order chi connectivity index (χ1) is 11.6. The first-order valence-corrected chi connectivity index (χ1v) is 8.47. The van der Waals surface area contributed by atoms with Crippen LogP contribution in [0.5, 0.6) is 0 Å². The fourth-order valence-electron chi connectivity index (χ4n) is 3.53. The third kappa shape index (κ3) is 2.96. The summed E-state index contributed by atoms with van der Waals surface area (Å²) >= 11 is 0. The van der Waals surface area contributed by atoms with Crippen LogP contribution in [0.3, 0.4) is 0 Å². The zero-order valence-corrected chi connectivity index (χ0v) is 14.4. The van der Waals surface area contributed by atoms with Crippen molar-refractivity contribution < 1.29 is 14.6 Å². The van der Waals surface area contributed by atoms with Gasteiger partial charge in [-0.3, -0.25) is 4.68 Å². The molecule has 1 heterocycles. The minimum atomic E-state index is -0.378. The van der Waals surface area contributed by atoms with E-state index in [9.17, 15) is 9.90 Å². The summed E-state index contributed by atoms with van der Waals surface area (Å²) < 4.78 is 7.05. The van der Waals surface area contributed by atoms with Gasteiger partial charge in [0.25, 0.3) is 0 Å². The molecule has 128 valence electrons. The summed E-state index contributed by atoms with van der Waals surface area (Å²) in [5, 5.41) is 14.1. The average molecular weight is 328 g/mol. The number of aromatic nitrogens is 2. The Morgan fingerprint density at radius 3 is 2.62 bits per heavy atom. The number of carbonyl (C=O) groups excluding carboxylic acids is 1. The van der Waals surface area contributed by atoms with E-state index >= 15 is 0 Å². The lowest BCUT2D eigenvalue weighted by Gasteiger charge is -2.08. The van der Waals surface area contributed by atoms with Crippen molar-refractivity contribution in [1.29, 1.82) is 0 Å². The SMILES string of the molecule is CCOC(=O)c1nn(Cc2ccccc2)c([C@H]2[C@@H](C)[C@@H]2CO)c1C.